The Morgan fingerprint density at radius 3 is 2.39 bits per heavy atom. The van der Waals surface area contributed by atoms with E-state index in [0.29, 0.717) is 38.3 Å². The Morgan fingerprint density at radius 1 is 1.22 bits per heavy atom. The quantitative estimate of drug-likeness (QED) is 0.799. The van der Waals surface area contributed by atoms with Gasteiger partial charge in [-0.2, -0.15) is 5.26 Å². The molecule has 2 unspecified atom stereocenters. The van der Waals surface area contributed by atoms with E-state index in [4.69, 9.17) is 10.4 Å². The van der Waals surface area contributed by atoms with Crippen LogP contribution >= 0.6 is 0 Å². The van der Waals surface area contributed by atoms with E-state index in [-0.39, 0.29) is 17.7 Å². The smallest absolute Gasteiger partial charge is 0.306 e. The molecular weight excluding hydrogens is 232 g/mol. The van der Waals surface area contributed by atoms with Gasteiger partial charge in [-0.15, -0.1) is 0 Å². The Balaban J connectivity index is 1.93. The molecule has 0 saturated heterocycles. The van der Waals surface area contributed by atoms with Gasteiger partial charge in [0.05, 0.1) is 18.4 Å². The first-order valence-electron chi connectivity index (χ1n) is 6.53. The zero-order valence-corrected chi connectivity index (χ0v) is 10.3. The Labute approximate surface area is 106 Å². The lowest BCUT2D eigenvalue weighted by Crippen LogP contribution is -2.38. The van der Waals surface area contributed by atoms with Crippen molar-refractivity contribution in [1.29, 1.82) is 5.26 Å². The molecule has 2 aliphatic rings. The van der Waals surface area contributed by atoms with Gasteiger partial charge < -0.3 is 10.0 Å². The number of carboxylic acids is 1. The molecule has 0 aromatic heterocycles. The molecule has 1 N–H and O–H groups in total. The third kappa shape index (κ3) is 2.81. The summed E-state index contributed by atoms with van der Waals surface area (Å²) in [5, 5.41) is 17.6. The van der Waals surface area contributed by atoms with Crippen LogP contribution in [0.2, 0.25) is 0 Å². The predicted molar refractivity (Wildman–Crippen MR) is 63.4 cm³/mol. The van der Waals surface area contributed by atoms with Crippen LogP contribution in [0.15, 0.2) is 0 Å². The van der Waals surface area contributed by atoms with Gasteiger partial charge in [-0.05, 0) is 32.1 Å². The van der Waals surface area contributed by atoms with E-state index in [9.17, 15) is 9.59 Å². The van der Waals surface area contributed by atoms with Gasteiger partial charge in [0.2, 0.25) is 5.91 Å². The van der Waals surface area contributed by atoms with Crippen LogP contribution in [0.25, 0.3) is 0 Å². The van der Waals surface area contributed by atoms with Crippen molar-refractivity contribution in [2.45, 2.75) is 44.6 Å². The molecule has 1 amide bonds. The highest BCUT2D eigenvalue weighted by molar-refractivity contribution is 5.81. The predicted octanol–water partition coefficient (Wildman–Crippen LogP) is 1.39. The summed E-state index contributed by atoms with van der Waals surface area (Å²) in [6.07, 6.45) is 4.13. The molecule has 0 aromatic rings. The fourth-order valence-electron chi connectivity index (χ4n) is 2.69. The van der Waals surface area contributed by atoms with E-state index in [2.05, 4.69) is 6.07 Å². The topological polar surface area (TPSA) is 81.4 Å². The van der Waals surface area contributed by atoms with Crippen molar-refractivity contribution < 1.29 is 14.7 Å². The fraction of sp³-hybridized carbons (Fsp3) is 0.769. The maximum absolute atomic E-state index is 12.3. The second kappa shape index (κ2) is 5.38. The summed E-state index contributed by atoms with van der Waals surface area (Å²) in [5.74, 6) is -1.24. The average Bonchev–Trinajstić information content (AvgIpc) is 3.05. The molecular formula is C13H18N2O3. The minimum atomic E-state index is -0.791. The van der Waals surface area contributed by atoms with Crippen molar-refractivity contribution in [1.82, 2.24) is 4.90 Å². The number of carbonyl (C=O) groups is 2. The lowest BCUT2D eigenvalue weighted by atomic mass is 10.0. The van der Waals surface area contributed by atoms with Crippen LogP contribution < -0.4 is 0 Å². The van der Waals surface area contributed by atoms with Crippen molar-refractivity contribution in [2.75, 3.05) is 6.54 Å². The molecule has 18 heavy (non-hydrogen) atoms. The normalized spacial score (nSPS) is 26.6. The first kappa shape index (κ1) is 12.9. The fourth-order valence-corrected chi connectivity index (χ4v) is 2.69. The number of amides is 1. The largest absolute Gasteiger partial charge is 0.481 e. The number of hydrogen-bond donors (Lipinski definition) is 1. The average molecular weight is 250 g/mol. The summed E-state index contributed by atoms with van der Waals surface area (Å²) in [7, 11) is 0. The molecule has 98 valence electrons. The van der Waals surface area contributed by atoms with Crippen LogP contribution in [0, 0.1) is 23.2 Å². The highest BCUT2D eigenvalue weighted by atomic mass is 16.4. The van der Waals surface area contributed by atoms with Gasteiger partial charge in [0.1, 0.15) is 0 Å². The van der Waals surface area contributed by atoms with Crippen molar-refractivity contribution in [3.05, 3.63) is 0 Å². The first-order chi connectivity index (χ1) is 8.63. The van der Waals surface area contributed by atoms with Crippen LogP contribution in [-0.2, 0) is 9.59 Å². The van der Waals surface area contributed by atoms with E-state index in [1.165, 1.54) is 0 Å². The van der Waals surface area contributed by atoms with Crippen molar-refractivity contribution >= 4 is 11.9 Å². The summed E-state index contributed by atoms with van der Waals surface area (Å²) in [4.78, 5) is 25.0. The molecule has 0 spiro atoms. The molecule has 2 aliphatic carbocycles. The number of nitriles is 1. The minimum Gasteiger partial charge on any atom is -0.481 e. The summed E-state index contributed by atoms with van der Waals surface area (Å²) in [5.41, 5.74) is 0. The monoisotopic (exact) mass is 250 g/mol. The number of carbonyl (C=O) groups excluding carboxylic acids is 1. The SMILES string of the molecule is N#CCCN(C(=O)C1CCC(C(=O)O)C1)C1CC1. The highest BCUT2D eigenvalue weighted by Gasteiger charge is 2.40. The molecule has 5 nitrogen and oxygen atoms in total. The van der Waals surface area contributed by atoms with Gasteiger partial charge in [0.25, 0.3) is 0 Å². The highest BCUT2D eigenvalue weighted by Crippen LogP contribution is 2.35. The Morgan fingerprint density at radius 2 is 1.89 bits per heavy atom. The van der Waals surface area contributed by atoms with E-state index >= 15 is 0 Å². The zero-order chi connectivity index (χ0) is 13.1. The summed E-state index contributed by atoms with van der Waals surface area (Å²) >= 11 is 0. The van der Waals surface area contributed by atoms with Crippen molar-refractivity contribution in [3.63, 3.8) is 0 Å². The number of nitrogens with zero attached hydrogens (tertiary/aromatic N) is 2. The van der Waals surface area contributed by atoms with Crippen LogP contribution in [0.3, 0.4) is 0 Å². The number of hydrogen-bond acceptors (Lipinski definition) is 3. The lowest BCUT2D eigenvalue weighted by Gasteiger charge is -2.24. The van der Waals surface area contributed by atoms with E-state index in [1.807, 2.05) is 0 Å². The van der Waals surface area contributed by atoms with E-state index < -0.39 is 5.97 Å². The molecule has 0 radical (unpaired) electrons. The van der Waals surface area contributed by atoms with Crippen LogP contribution in [-0.4, -0.2) is 34.5 Å². The van der Waals surface area contributed by atoms with Gasteiger partial charge in [0.15, 0.2) is 0 Å². The molecule has 2 atom stereocenters. The van der Waals surface area contributed by atoms with Crippen molar-refractivity contribution in [3.8, 4) is 6.07 Å². The van der Waals surface area contributed by atoms with Gasteiger partial charge in [0, 0.05) is 18.5 Å². The Bertz CT molecular complexity index is 384. The Kier molecular flexibility index (Phi) is 3.85. The minimum absolute atomic E-state index is 0.0662. The number of carboxylic acid groups (broad SMARTS) is 1. The molecule has 2 fully saturated rings. The van der Waals surface area contributed by atoms with Crippen LogP contribution in [0.5, 0.6) is 0 Å². The standard InChI is InChI=1S/C13H18N2O3/c14-6-1-7-15(11-4-5-11)12(16)9-2-3-10(8-9)13(17)18/h9-11H,1-5,7-8H2,(H,17,18). The molecule has 0 aliphatic heterocycles. The zero-order valence-electron chi connectivity index (χ0n) is 10.3. The van der Waals surface area contributed by atoms with Gasteiger partial charge in [-0.25, -0.2) is 0 Å². The molecule has 5 heteroatoms. The van der Waals surface area contributed by atoms with E-state index in [0.717, 1.165) is 12.8 Å². The van der Waals surface area contributed by atoms with Crippen LogP contribution in [0.1, 0.15) is 38.5 Å². The maximum atomic E-state index is 12.3. The van der Waals surface area contributed by atoms with Crippen molar-refractivity contribution in [2.24, 2.45) is 11.8 Å². The molecule has 0 heterocycles. The molecule has 0 aromatic carbocycles. The van der Waals surface area contributed by atoms with Gasteiger partial charge >= 0.3 is 5.97 Å². The number of aliphatic carboxylic acids is 1. The Hall–Kier alpha value is -1.57. The first-order valence-corrected chi connectivity index (χ1v) is 6.53. The maximum Gasteiger partial charge on any atom is 0.306 e. The molecule has 2 rings (SSSR count). The van der Waals surface area contributed by atoms with Gasteiger partial charge in [-0.3, -0.25) is 9.59 Å². The lowest BCUT2D eigenvalue weighted by molar-refractivity contribution is -0.141. The van der Waals surface area contributed by atoms with E-state index in [1.54, 1.807) is 4.90 Å². The summed E-state index contributed by atoms with van der Waals surface area (Å²) in [6.45, 7) is 0.494. The van der Waals surface area contributed by atoms with Crippen LogP contribution in [0.4, 0.5) is 0 Å². The third-order valence-corrected chi connectivity index (χ3v) is 3.87. The summed E-state index contributed by atoms with van der Waals surface area (Å²) < 4.78 is 0. The second-order valence-electron chi connectivity index (χ2n) is 5.22. The third-order valence-electron chi connectivity index (χ3n) is 3.87. The summed E-state index contributed by atoms with van der Waals surface area (Å²) in [6, 6.07) is 2.37. The molecule has 0 bridgehead atoms. The molecule has 2 saturated carbocycles. The number of rotatable bonds is 5. The van der Waals surface area contributed by atoms with Gasteiger partial charge in [-0.1, -0.05) is 0 Å². The second-order valence-corrected chi connectivity index (χ2v) is 5.22.